The number of furan rings is 1. The van der Waals surface area contributed by atoms with Crippen molar-refractivity contribution in [1.29, 1.82) is 0 Å². The van der Waals surface area contributed by atoms with Crippen LogP contribution < -0.4 is 4.90 Å². The summed E-state index contributed by atoms with van der Waals surface area (Å²) in [5.41, 5.74) is 13.2. The molecule has 0 N–H and O–H groups in total. The fraction of sp³-hybridized carbons (Fsp3) is 0.0566. The van der Waals surface area contributed by atoms with Crippen LogP contribution in [-0.2, 0) is 5.41 Å². The number of anilines is 3. The minimum atomic E-state index is -0.0857. The van der Waals surface area contributed by atoms with E-state index in [-0.39, 0.29) is 5.41 Å². The molecule has 0 saturated heterocycles. The van der Waals surface area contributed by atoms with Crippen LogP contribution in [0.1, 0.15) is 25.0 Å². The van der Waals surface area contributed by atoms with Crippen molar-refractivity contribution in [2.75, 3.05) is 4.90 Å². The van der Waals surface area contributed by atoms with E-state index in [1.807, 2.05) is 11.3 Å². The Kier molecular flexibility index (Phi) is 6.59. The molecule has 2 heterocycles. The molecule has 0 radical (unpaired) electrons. The maximum atomic E-state index is 6.81. The standard InChI is InChI=1S/C53H35NOS/c1-53(2)45-19-8-7-16-40(45)41-18-10-17-38(50(41)53)34-21-24-35(25-22-34)54(46-20-9-13-32-11-3-5-14-37(32)46)36-26-28-44-48(31-36)56-47-30-29-43-42-27-23-33-12-4-6-15-39(33)51(42)55-52(43)49(44)47/h3-31H,1-2H3. The monoisotopic (exact) mass is 733 g/mol. The van der Waals surface area contributed by atoms with E-state index in [0.717, 1.165) is 44.4 Å². The van der Waals surface area contributed by atoms with Gasteiger partial charge in [-0.2, -0.15) is 0 Å². The Bertz CT molecular complexity index is 3400. The third-order valence-electron chi connectivity index (χ3n) is 12.2. The Morgan fingerprint density at radius 2 is 1.11 bits per heavy atom. The van der Waals surface area contributed by atoms with Gasteiger partial charge in [-0.1, -0.05) is 141 Å². The van der Waals surface area contributed by atoms with Crippen LogP contribution in [0.5, 0.6) is 0 Å². The van der Waals surface area contributed by atoms with Crippen LogP contribution in [0, 0.1) is 0 Å². The lowest BCUT2D eigenvalue weighted by molar-refractivity contribution is 0.662. The predicted octanol–water partition coefficient (Wildman–Crippen LogP) is 15.7. The fourth-order valence-corrected chi connectivity index (χ4v) is 10.8. The van der Waals surface area contributed by atoms with Crippen LogP contribution in [0.25, 0.3) is 85.9 Å². The second-order valence-electron chi connectivity index (χ2n) is 15.6. The van der Waals surface area contributed by atoms with Gasteiger partial charge in [-0.15, -0.1) is 11.3 Å². The van der Waals surface area contributed by atoms with Crippen LogP contribution in [0.4, 0.5) is 17.1 Å². The SMILES string of the molecule is CC1(C)c2ccccc2-c2cccc(-c3ccc(N(c4ccc5c(c4)sc4ccc6c7ccc8ccccc8c7oc6c45)c4cccc5ccccc45)cc3)c21. The zero-order chi connectivity index (χ0) is 37.1. The van der Waals surface area contributed by atoms with Crippen LogP contribution >= 0.6 is 11.3 Å². The van der Waals surface area contributed by atoms with Crippen LogP contribution in [0.3, 0.4) is 0 Å². The lowest BCUT2D eigenvalue weighted by Gasteiger charge is -2.28. The number of benzene rings is 9. The quantitative estimate of drug-likeness (QED) is 0.179. The summed E-state index contributed by atoms with van der Waals surface area (Å²) in [7, 11) is 0. The lowest BCUT2D eigenvalue weighted by atomic mass is 9.79. The van der Waals surface area contributed by atoms with E-state index < -0.39 is 0 Å². The van der Waals surface area contributed by atoms with Gasteiger partial charge in [0.1, 0.15) is 11.2 Å². The third-order valence-corrected chi connectivity index (χ3v) is 13.3. The first kappa shape index (κ1) is 31.6. The topological polar surface area (TPSA) is 16.4 Å². The molecule has 0 spiro atoms. The molecule has 0 aliphatic heterocycles. The summed E-state index contributed by atoms with van der Waals surface area (Å²) in [6, 6.07) is 64.6. The number of thiophene rings is 1. The minimum absolute atomic E-state index is 0.0857. The van der Waals surface area contributed by atoms with Gasteiger partial charge in [-0.3, -0.25) is 0 Å². The van der Waals surface area contributed by atoms with E-state index in [4.69, 9.17) is 4.42 Å². The Hall–Kier alpha value is -6.68. The second kappa shape index (κ2) is 11.7. The molecular weight excluding hydrogens is 699 g/mol. The first-order valence-electron chi connectivity index (χ1n) is 19.3. The van der Waals surface area contributed by atoms with E-state index in [9.17, 15) is 0 Å². The molecule has 0 bridgehead atoms. The highest BCUT2D eigenvalue weighted by Crippen LogP contribution is 2.52. The number of hydrogen-bond acceptors (Lipinski definition) is 3. The van der Waals surface area contributed by atoms with Crippen molar-refractivity contribution in [3.8, 4) is 22.3 Å². The van der Waals surface area contributed by atoms with E-state index in [0.29, 0.717) is 0 Å². The molecule has 2 nitrogen and oxygen atoms in total. The van der Waals surface area contributed by atoms with Gasteiger partial charge < -0.3 is 9.32 Å². The fourth-order valence-electron chi connectivity index (χ4n) is 9.66. The summed E-state index contributed by atoms with van der Waals surface area (Å²) in [5.74, 6) is 0. The molecule has 0 unspecified atom stereocenters. The van der Waals surface area contributed by atoms with Crippen molar-refractivity contribution in [1.82, 2.24) is 0 Å². The number of rotatable bonds is 4. The molecule has 1 aliphatic carbocycles. The summed E-state index contributed by atoms with van der Waals surface area (Å²) in [6.45, 7) is 4.73. The highest BCUT2D eigenvalue weighted by Gasteiger charge is 2.37. The van der Waals surface area contributed by atoms with Crippen LogP contribution in [0.15, 0.2) is 180 Å². The van der Waals surface area contributed by atoms with Crippen molar-refractivity contribution in [3.63, 3.8) is 0 Å². The molecule has 0 fully saturated rings. The predicted molar refractivity (Wildman–Crippen MR) is 239 cm³/mol. The number of hydrogen-bond donors (Lipinski definition) is 0. The molecule has 12 rings (SSSR count). The zero-order valence-electron chi connectivity index (χ0n) is 31.0. The van der Waals surface area contributed by atoms with E-state index in [2.05, 4.69) is 195 Å². The van der Waals surface area contributed by atoms with Crippen molar-refractivity contribution in [2.24, 2.45) is 0 Å². The molecule has 11 aromatic rings. The summed E-state index contributed by atoms with van der Waals surface area (Å²) in [4.78, 5) is 2.42. The molecule has 264 valence electrons. The summed E-state index contributed by atoms with van der Waals surface area (Å²) >= 11 is 1.83. The van der Waals surface area contributed by atoms with Gasteiger partial charge in [-0.05, 0) is 92.7 Å². The average Bonchev–Trinajstić information content (AvgIpc) is 3.89. The summed E-state index contributed by atoms with van der Waals surface area (Å²) in [6.07, 6.45) is 0. The van der Waals surface area contributed by atoms with Gasteiger partial charge in [0, 0.05) is 58.5 Å². The van der Waals surface area contributed by atoms with Gasteiger partial charge in [-0.25, -0.2) is 0 Å². The number of fused-ring (bicyclic) bond motifs is 13. The van der Waals surface area contributed by atoms with Crippen molar-refractivity contribution >= 4 is 92.1 Å². The molecular formula is C53H35NOS. The maximum Gasteiger partial charge on any atom is 0.144 e. The van der Waals surface area contributed by atoms with Gasteiger partial charge in [0.25, 0.3) is 0 Å². The lowest BCUT2D eigenvalue weighted by Crippen LogP contribution is -2.16. The maximum absolute atomic E-state index is 6.81. The Morgan fingerprint density at radius 3 is 1.98 bits per heavy atom. The average molecular weight is 734 g/mol. The van der Waals surface area contributed by atoms with Crippen molar-refractivity contribution < 1.29 is 4.42 Å². The van der Waals surface area contributed by atoms with E-state index in [1.165, 1.54) is 69.7 Å². The Morgan fingerprint density at radius 1 is 0.464 bits per heavy atom. The third kappa shape index (κ3) is 4.43. The molecule has 0 atom stereocenters. The van der Waals surface area contributed by atoms with E-state index in [1.54, 1.807) is 0 Å². The van der Waals surface area contributed by atoms with Gasteiger partial charge in [0.2, 0.25) is 0 Å². The molecule has 0 amide bonds. The first-order valence-corrected chi connectivity index (χ1v) is 20.2. The molecule has 2 aromatic heterocycles. The summed E-state index contributed by atoms with van der Waals surface area (Å²) < 4.78 is 9.28. The number of nitrogens with zero attached hydrogens (tertiary/aromatic N) is 1. The highest BCUT2D eigenvalue weighted by atomic mass is 32.1. The van der Waals surface area contributed by atoms with Gasteiger partial charge >= 0.3 is 0 Å². The van der Waals surface area contributed by atoms with Crippen molar-refractivity contribution in [3.05, 3.63) is 187 Å². The molecule has 56 heavy (non-hydrogen) atoms. The van der Waals surface area contributed by atoms with Crippen molar-refractivity contribution in [2.45, 2.75) is 19.3 Å². The molecule has 1 aliphatic rings. The second-order valence-corrected chi connectivity index (χ2v) is 16.7. The molecule has 0 saturated carbocycles. The Balaban J connectivity index is 1.03. The first-order chi connectivity index (χ1) is 27.5. The Labute approximate surface area is 328 Å². The largest absolute Gasteiger partial charge is 0.455 e. The molecule has 3 heteroatoms. The highest BCUT2D eigenvalue weighted by molar-refractivity contribution is 7.26. The van der Waals surface area contributed by atoms with E-state index >= 15 is 0 Å². The smallest absolute Gasteiger partial charge is 0.144 e. The summed E-state index contributed by atoms with van der Waals surface area (Å²) in [5, 5.41) is 9.51. The van der Waals surface area contributed by atoms with Crippen LogP contribution in [-0.4, -0.2) is 0 Å². The van der Waals surface area contributed by atoms with Crippen LogP contribution in [0.2, 0.25) is 0 Å². The van der Waals surface area contributed by atoms with Gasteiger partial charge in [0.15, 0.2) is 0 Å². The molecule has 9 aromatic carbocycles. The zero-order valence-corrected chi connectivity index (χ0v) is 31.8. The normalized spacial score (nSPS) is 13.3. The van der Waals surface area contributed by atoms with Gasteiger partial charge in [0.05, 0.1) is 5.69 Å². The minimum Gasteiger partial charge on any atom is -0.455 e.